The predicted octanol–water partition coefficient (Wildman–Crippen LogP) is 5.04. The lowest BCUT2D eigenvalue weighted by Crippen LogP contribution is -2.54. The normalized spacial score (nSPS) is 55.4. The van der Waals surface area contributed by atoms with Crippen molar-refractivity contribution in [2.45, 2.75) is 90.8 Å². The first-order valence-electron chi connectivity index (χ1n) is 10.6. The van der Waals surface area contributed by atoms with Gasteiger partial charge in [0.05, 0.1) is 12.2 Å². The minimum Gasteiger partial charge on any atom is -0.393 e. The third-order valence-electron chi connectivity index (χ3n) is 9.61. The van der Waals surface area contributed by atoms with Gasteiger partial charge in [-0.25, -0.2) is 0 Å². The van der Waals surface area contributed by atoms with Gasteiger partial charge in [0.25, 0.3) is 0 Å². The van der Waals surface area contributed by atoms with Crippen molar-refractivity contribution < 1.29 is 9.84 Å². The van der Waals surface area contributed by atoms with E-state index in [4.69, 9.17) is 4.74 Å². The Morgan fingerprint density at radius 2 is 1.62 bits per heavy atom. The summed E-state index contributed by atoms with van der Waals surface area (Å²) >= 11 is 0. The predicted molar refractivity (Wildman–Crippen MR) is 97.7 cm³/mol. The monoisotopic (exact) mass is 334 g/mol. The molecule has 2 nitrogen and oxygen atoms in total. The number of aliphatic hydroxyl groups excluding tert-OH is 1. The Labute approximate surface area is 148 Å². The Bertz CT molecular complexity index is 475. The first-order valence-corrected chi connectivity index (χ1v) is 10.6. The largest absolute Gasteiger partial charge is 0.393 e. The molecule has 24 heavy (non-hydrogen) atoms. The maximum absolute atomic E-state index is 10.3. The molecule has 0 spiro atoms. The maximum atomic E-state index is 10.3. The zero-order valence-corrected chi connectivity index (χ0v) is 16.3. The number of fused-ring (bicyclic) bond motifs is 5. The van der Waals surface area contributed by atoms with Crippen LogP contribution in [0, 0.1) is 40.4 Å². The highest BCUT2D eigenvalue weighted by Crippen LogP contribution is 2.67. The zero-order valence-electron chi connectivity index (χ0n) is 16.3. The van der Waals surface area contributed by atoms with Crippen molar-refractivity contribution in [3.8, 4) is 0 Å². The molecule has 4 aliphatic carbocycles. The molecule has 0 aromatic rings. The number of methoxy groups -OCH3 is 1. The molecule has 4 fully saturated rings. The highest BCUT2D eigenvalue weighted by Gasteiger charge is 2.60. The molecule has 0 bridgehead atoms. The van der Waals surface area contributed by atoms with E-state index in [0.29, 0.717) is 22.9 Å². The van der Waals surface area contributed by atoms with Crippen molar-refractivity contribution in [2.75, 3.05) is 7.11 Å². The topological polar surface area (TPSA) is 29.5 Å². The Morgan fingerprint density at radius 3 is 2.33 bits per heavy atom. The van der Waals surface area contributed by atoms with Crippen LogP contribution in [0.25, 0.3) is 0 Å². The van der Waals surface area contributed by atoms with Crippen LogP contribution in [0.4, 0.5) is 0 Å². The quantitative estimate of drug-likeness (QED) is 0.766. The number of hydrogen-bond acceptors (Lipinski definition) is 2. The van der Waals surface area contributed by atoms with Gasteiger partial charge in [-0.15, -0.1) is 0 Å². The van der Waals surface area contributed by atoms with Crippen LogP contribution in [0.5, 0.6) is 0 Å². The Balaban J connectivity index is 1.58. The van der Waals surface area contributed by atoms with Gasteiger partial charge in [-0.3, -0.25) is 0 Å². The van der Waals surface area contributed by atoms with E-state index in [1.807, 2.05) is 14.0 Å². The van der Waals surface area contributed by atoms with Crippen LogP contribution in [0.1, 0.15) is 78.6 Å². The van der Waals surface area contributed by atoms with E-state index >= 15 is 0 Å². The standard InChI is InChI=1S/C22H38O2/c1-14(23)18-7-8-19-17-6-5-15-13-16(24-4)9-11-21(15,2)20(17)10-12-22(18,19)3/h14-20,23H,5-13H2,1-4H3/t14-,15?,16+,17?,18?,19?,20?,21+,22-/m1/s1. The lowest BCUT2D eigenvalue weighted by atomic mass is 9.44. The number of ether oxygens (including phenoxy) is 1. The van der Waals surface area contributed by atoms with Crippen LogP contribution in [0.15, 0.2) is 0 Å². The van der Waals surface area contributed by atoms with Gasteiger partial charge in [-0.05, 0) is 105 Å². The van der Waals surface area contributed by atoms with Crippen molar-refractivity contribution in [1.82, 2.24) is 0 Å². The average molecular weight is 335 g/mol. The third-order valence-corrected chi connectivity index (χ3v) is 9.61. The summed E-state index contributed by atoms with van der Waals surface area (Å²) in [5.41, 5.74) is 0.963. The molecule has 0 amide bonds. The van der Waals surface area contributed by atoms with Crippen molar-refractivity contribution >= 4 is 0 Å². The first kappa shape index (κ1) is 17.3. The average Bonchev–Trinajstić information content (AvgIpc) is 2.91. The summed E-state index contributed by atoms with van der Waals surface area (Å²) in [5, 5.41) is 10.3. The van der Waals surface area contributed by atoms with Gasteiger partial charge in [-0.2, -0.15) is 0 Å². The van der Waals surface area contributed by atoms with Gasteiger partial charge in [0, 0.05) is 7.11 Å². The van der Waals surface area contributed by atoms with Crippen LogP contribution in [0.2, 0.25) is 0 Å². The zero-order chi connectivity index (χ0) is 17.1. The third kappa shape index (κ3) is 2.35. The molecule has 0 aliphatic heterocycles. The van der Waals surface area contributed by atoms with Crippen LogP contribution < -0.4 is 0 Å². The minimum atomic E-state index is -0.124. The molecule has 138 valence electrons. The second-order valence-corrected chi connectivity index (χ2v) is 10.3. The van der Waals surface area contributed by atoms with Gasteiger partial charge in [-0.1, -0.05) is 13.8 Å². The molecule has 0 aromatic carbocycles. The van der Waals surface area contributed by atoms with Crippen LogP contribution >= 0.6 is 0 Å². The molecule has 2 heteroatoms. The lowest BCUT2D eigenvalue weighted by Gasteiger charge is -2.61. The lowest BCUT2D eigenvalue weighted by molar-refractivity contribution is -0.135. The summed E-state index contributed by atoms with van der Waals surface area (Å²) in [4.78, 5) is 0. The minimum absolute atomic E-state index is 0.124. The second-order valence-electron chi connectivity index (χ2n) is 10.3. The van der Waals surface area contributed by atoms with E-state index in [2.05, 4.69) is 13.8 Å². The van der Waals surface area contributed by atoms with Crippen LogP contribution in [0.3, 0.4) is 0 Å². The van der Waals surface area contributed by atoms with E-state index < -0.39 is 0 Å². The van der Waals surface area contributed by atoms with E-state index in [0.717, 1.165) is 23.7 Å². The fraction of sp³-hybridized carbons (Fsp3) is 1.00. The molecule has 0 saturated heterocycles. The molecule has 0 aromatic heterocycles. The van der Waals surface area contributed by atoms with Gasteiger partial charge in [0.1, 0.15) is 0 Å². The van der Waals surface area contributed by atoms with Crippen molar-refractivity contribution in [1.29, 1.82) is 0 Å². The number of aliphatic hydroxyl groups is 1. The molecule has 5 unspecified atom stereocenters. The molecule has 0 radical (unpaired) electrons. The molecule has 1 N–H and O–H groups in total. The fourth-order valence-corrected chi connectivity index (χ4v) is 8.27. The highest BCUT2D eigenvalue weighted by molar-refractivity contribution is 5.09. The summed E-state index contributed by atoms with van der Waals surface area (Å²) < 4.78 is 5.72. The van der Waals surface area contributed by atoms with Crippen LogP contribution in [-0.4, -0.2) is 24.4 Å². The Hall–Kier alpha value is -0.0800. The van der Waals surface area contributed by atoms with E-state index in [1.165, 1.54) is 57.8 Å². The van der Waals surface area contributed by atoms with Gasteiger partial charge >= 0.3 is 0 Å². The summed E-state index contributed by atoms with van der Waals surface area (Å²) in [7, 11) is 1.90. The smallest absolute Gasteiger partial charge is 0.0574 e. The Kier molecular flexibility index (Phi) is 4.32. The Morgan fingerprint density at radius 1 is 0.917 bits per heavy atom. The van der Waals surface area contributed by atoms with Crippen molar-refractivity contribution in [3.63, 3.8) is 0 Å². The highest BCUT2D eigenvalue weighted by atomic mass is 16.5. The van der Waals surface area contributed by atoms with Crippen molar-refractivity contribution in [2.24, 2.45) is 40.4 Å². The molecule has 0 heterocycles. The molecular weight excluding hydrogens is 296 g/mol. The van der Waals surface area contributed by atoms with Gasteiger partial charge in [0.15, 0.2) is 0 Å². The summed E-state index contributed by atoms with van der Waals surface area (Å²) in [6.07, 6.45) is 12.6. The molecule has 9 atom stereocenters. The van der Waals surface area contributed by atoms with Crippen LogP contribution in [-0.2, 0) is 4.74 Å². The van der Waals surface area contributed by atoms with Gasteiger partial charge in [0.2, 0.25) is 0 Å². The summed E-state index contributed by atoms with van der Waals surface area (Å²) in [6, 6.07) is 0. The van der Waals surface area contributed by atoms with E-state index in [1.54, 1.807) is 0 Å². The molecule has 4 saturated carbocycles. The molecule has 4 aliphatic rings. The SMILES string of the molecule is CO[C@H]1CC[C@@]2(C)C(CCC3C2CC[C@@]2(C)C3CCC2[C@@H](C)O)C1. The summed E-state index contributed by atoms with van der Waals surface area (Å²) in [6.45, 7) is 7.19. The van der Waals surface area contributed by atoms with Crippen molar-refractivity contribution in [3.05, 3.63) is 0 Å². The molecule has 4 rings (SSSR count). The summed E-state index contributed by atoms with van der Waals surface area (Å²) in [5.74, 6) is 4.15. The maximum Gasteiger partial charge on any atom is 0.0574 e. The number of rotatable bonds is 2. The molecular formula is C22H38O2. The van der Waals surface area contributed by atoms with E-state index in [9.17, 15) is 5.11 Å². The van der Waals surface area contributed by atoms with E-state index in [-0.39, 0.29) is 6.10 Å². The van der Waals surface area contributed by atoms with Gasteiger partial charge < -0.3 is 9.84 Å². The first-order chi connectivity index (χ1) is 11.4. The number of hydrogen-bond donors (Lipinski definition) is 1. The second kappa shape index (κ2) is 5.98. The fourth-order valence-electron chi connectivity index (χ4n) is 8.27.